The van der Waals surface area contributed by atoms with E-state index in [1.807, 2.05) is 0 Å². The van der Waals surface area contributed by atoms with Crippen molar-refractivity contribution in [3.8, 4) is 5.75 Å². The molecule has 0 aliphatic carbocycles. The highest BCUT2D eigenvalue weighted by atomic mass is 32.2. The van der Waals surface area contributed by atoms with Crippen LogP contribution >= 0.6 is 0 Å². The number of urea groups is 1. The van der Waals surface area contributed by atoms with Crippen LogP contribution in [-0.4, -0.2) is 64.0 Å². The van der Waals surface area contributed by atoms with Gasteiger partial charge in [0.2, 0.25) is 0 Å². The standard InChI is InChI=1S/C18H26N2O7S/c1-3-25-17(21)11-19-18(22)20(13-16-5-4-10-26-16)12-14-6-8-15(9-7-14)27-28(2,23)24/h6-9,16H,3-5,10-13H2,1-2H3,(H,19,22)/t16-/m0/s1. The number of carbonyl (C=O) groups is 2. The highest BCUT2D eigenvalue weighted by molar-refractivity contribution is 7.86. The zero-order valence-corrected chi connectivity index (χ0v) is 16.9. The Balaban J connectivity index is 2.01. The molecule has 0 radical (unpaired) electrons. The number of benzene rings is 1. The predicted octanol–water partition coefficient (Wildman–Crippen LogP) is 1.28. The van der Waals surface area contributed by atoms with Gasteiger partial charge in [0.05, 0.1) is 19.0 Å². The van der Waals surface area contributed by atoms with Gasteiger partial charge in [0.25, 0.3) is 0 Å². The van der Waals surface area contributed by atoms with Crippen molar-refractivity contribution in [3.63, 3.8) is 0 Å². The quantitative estimate of drug-likeness (QED) is 0.478. The molecule has 2 amide bonds. The molecule has 0 unspecified atom stereocenters. The molecule has 1 heterocycles. The van der Waals surface area contributed by atoms with Crippen molar-refractivity contribution in [2.45, 2.75) is 32.4 Å². The molecule has 9 nitrogen and oxygen atoms in total. The third-order valence-corrected chi connectivity index (χ3v) is 4.46. The molecule has 1 saturated heterocycles. The monoisotopic (exact) mass is 414 g/mol. The third-order valence-electron chi connectivity index (χ3n) is 3.97. The van der Waals surface area contributed by atoms with Crippen LogP contribution in [0.2, 0.25) is 0 Å². The Morgan fingerprint density at radius 2 is 2.00 bits per heavy atom. The van der Waals surface area contributed by atoms with E-state index in [0.717, 1.165) is 24.7 Å². The topological polar surface area (TPSA) is 111 Å². The maximum Gasteiger partial charge on any atom is 0.325 e. The molecule has 0 aromatic heterocycles. The lowest BCUT2D eigenvalue weighted by atomic mass is 10.2. The molecule has 1 fully saturated rings. The predicted molar refractivity (Wildman–Crippen MR) is 101 cm³/mol. The van der Waals surface area contributed by atoms with E-state index in [1.54, 1.807) is 24.0 Å². The lowest BCUT2D eigenvalue weighted by Crippen LogP contribution is -2.45. The molecule has 1 N–H and O–H groups in total. The van der Waals surface area contributed by atoms with E-state index in [0.29, 0.717) is 13.2 Å². The van der Waals surface area contributed by atoms with Crippen molar-refractivity contribution in [3.05, 3.63) is 29.8 Å². The van der Waals surface area contributed by atoms with Gasteiger partial charge in [-0.05, 0) is 37.5 Å². The van der Waals surface area contributed by atoms with Crippen molar-refractivity contribution in [1.82, 2.24) is 10.2 Å². The van der Waals surface area contributed by atoms with Crippen LogP contribution in [0.25, 0.3) is 0 Å². The van der Waals surface area contributed by atoms with Crippen LogP contribution in [0.15, 0.2) is 24.3 Å². The minimum atomic E-state index is -3.60. The highest BCUT2D eigenvalue weighted by Gasteiger charge is 2.23. The van der Waals surface area contributed by atoms with Crippen LogP contribution in [0.3, 0.4) is 0 Å². The third kappa shape index (κ3) is 7.73. The molecule has 10 heteroatoms. The fraction of sp³-hybridized carbons (Fsp3) is 0.556. The Bertz CT molecular complexity index is 759. The van der Waals surface area contributed by atoms with Gasteiger partial charge in [-0.3, -0.25) is 4.79 Å². The van der Waals surface area contributed by atoms with E-state index < -0.39 is 22.1 Å². The first kappa shape index (κ1) is 22.0. The van der Waals surface area contributed by atoms with E-state index >= 15 is 0 Å². The Kier molecular flexibility index (Phi) is 8.06. The normalized spacial score (nSPS) is 16.4. The van der Waals surface area contributed by atoms with Gasteiger partial charge >= 0.3 is 22.1 Å². The first-order chi connectivity index (χ1) is 13.3. The minimum Gasteiger partial charge on any atom is -0.465 e. The van der Waals surface area contributed by atoms with Crippen LogP contribution < -0.4 is 9.50 Å². The fourth-order valence-electron chi connectivity index (χ4n) is 2.77. The second-order valence-electron chi connectivity index (χ2n) is 6.41. The smallest absolute Gasteiger partial charge is 0.325 e. The molecule has 1 aliphatic heterocycles. The van der Waals surface area contributed by atoms with E-state index in [1.165, 1.54) is 12.1 Å². The molecular weight excluding hydrogens is 388 g/mol. The average Bonchev–Trinajstić information content (AvgIpc) is 3.13. The van der Waals surface area contributed by atoms with Crippen molar-refractivity contribution in [2.75, 3.05) is 32.6 Å². The summed E-state index contributed by atoms with van der Waals surface area (Å²) >= 11 is 0. The van der Waals surface area contributed by atoms with Gasteiger partial charge in [0, 0.05) is 19.7 Å². The second kappa shape index (κ2) is 10.3. The molecule has 0 saturated carbocycles. The van der Waals surface area contributed by atoms with E-state index in [2.05, 4.69) is 5.32 Å². The maximum absolute atomic E-state index is 12.5. The van der Waals surface area contributed by atoms with E-state index in [4.69, 9.17) is 13.7 Å². The molecule has 28 heavy (non-hydrogen) atoms. The largest absolute Gasteiger partial charge is 0.465 e. The molecular formula is C18H26N2O7S. The number of hydrogen-bond donors (Lipinski definition) is 1. The summed E-state index contributed by atoms with van der Waals surface area (Å²) in [7, 11) is -3.60. The van der Waals surface area contributed by atoms with Gasteiger partial charge in [-0.25, -0.2) is 4.79 Å². The number of rotatable bonds is 9. The van der Waals surface area contributed by atoms with Gasteiger partial charge in [-0.1, -0.05) is 12.1 Å². The molecule has 0 bridgehead atoms. The summed E-state index contributed by atoms with van der Waals surface area (Å²) in [6.07, 6.45) is 2.72. The summed E-state index contributed by atoms with van der Waals surface area (Å²) < 4.78 is 37.6. The fourth-order valence-corrected chi connectivity index (χ4v) is 3.23. The van der Waals surface area contributed by atoms with Crippen molar-refractivity contribution in [2.24, 2.45) is 0 Å². The zero-order chi connectivity index (χ0) is 20.6. The summed E-state index contributed by atoms with van der Waals surface area (Å²) in [5.74, 6) is -0.307. The van der Waals surface area contributed by atoms with E-state index in [-0.39, 0.29) is 31.5 Å². The van der Waals surface area contributed by atoms with Crippen molar-refractivity contribution in [1.29, 1.82) is 0 Å². The molecule has 156 valence electrons. The average molecular weight is 414 g/mol. The number of nitrogens with one attached hydrogen (secondary N) is 1. The van der Waals surface area contributed by atoms with Gasteiger partial charge in [-0.15, -0.1) is 0 Å². The van der Waals surface area contributed by atoms with Crippen molar-refractivity contribution >= 4 is 22.1 Å². The number of ether oxygens (including phenoxy) is 2. The van der Waals surface area contributed by atoms with Crippen LogP contribution in [0, 0.1) is 0 Å². The Morgan fingerprint density at radius 3 is 2.57 bits per heavy atom. The van der Waals surface area contributed by atoms with Crippen LogP contribution in [0.5, 0.6) is 5.75 Å². The number of esters is 1. The molecule has 1 aliphatic rings. The molecule has 2 rings (SSSR count). The number of amides is 2. The maximum atomic E-state index is 12.5. The first-order valence-electron chi connectivity index (χ1n) is 9.05. The Hall–Kier alpha value is -2.33. The lowest BCUT2D eigenvalue weighted by Gasteiger charge is -2.25. The number of nitrogens with zero attached hydrogens (tertiary/aromatic N) is 1. The van der Waals surface area contributed by atoms with E-state index in [9.17, 15) is 18.0 Å². The van der Waals surface area contributed by atoms with Gasteiger partial charge < -0.3 is 23.9 Å². The Morgan fingerprint density at radius 1 is 1.29 bits per heavy atom. The minimum absolute atomic E-state index is 0.0545. The van der Waals surface area contributed by atoms with Gasteiger partial charge in [0.1, 0.15) is 12.3 Å². The first-order valence-corrected chi connectivity index (χ1v) is 10.9. The summed E-state index contributed by atoms with van der Waals surface area (Å²) in [5.41, 5.74) is 0.783. The number of carbonyl (C=O) groups excluding carboxylic acids is 2. The zero-order valence-electron chi connectivity index (χ0n) is 16.0. The molecule has 0 spiro atoms. The van der Waals surface area contributed by atoms with Crippen LogP contribution in [0.4, 0.5) is 4.79 Å². The Labute approximate surface area is 165 Å². The molecule has 1 aromatic rings. The lowest BCUT2D eigenvalue weighted by molar-refractivity contribution is -0.141. The molecule has 1 atom stereocenters. The summed E-state index contributed by atoms with van der Waals surface area (Å²) in [5, 5.41) is 2.56. The summed E-state index contributed by atoms with van der Waals surface area (Å²) in [4.78, 5) is 25.6. The van der Waals surface area contributed by atoms with Crippen molar-refractivity contribution < 1.29 is 31.7 Å². The van der Waals surface area contributed by atoms with Gasteiger partial charge in [-0.2, -0.15) is 8.42 Å². The second-order valence-corrected chi connectivity index (χ2v) is 7.99. The van der Waals surface area contributed by atoms with Crippen LogP contribution in [-0.2, 0) is 30.9 Å². The summed E-state index contributed by atoms with van der Waals surface area (Å²) in [6.45, 7) is 3.05. The molecule has 1 aromatic carbocycles. The van der Waals surface area contributed by atoms with Crippen LogP contribution in [0.1, 0.15) is 25.3 Å². The SMILES string of the molecule is CCOC(=O)CNC(=O)N(Cc1ccc(OS(C)(=O)=O)cc1)C[C@@H]1CCCO1. The van der Waals surface area contributed by atoms with Gasteiger partial charge in [0.15, 0.2) is 0 Å². The number of hydrogen-bond acceptors (Lipinski definition) is 7. The summed E-state index contributed by atoms with van der Waals surface area (Å²) in [6, 6.07) is 6.01. The highest BCUT2D eigenvalue weighted by Crippen LogP contribution is 2.18.